The van der Waals surface area contributed by atoms with Crippen LogP contribution < -0.4 is 47.9 Å². The Labute approximate surface area is 158 Å². The third-order valence-electron chi connectivity index (χ3n) is 1.83. The summed E-state index contributed by atoms with van der Waals surface area (Å²) >= 11 is 0. The van der Waals surface area contributed by atoms with E-state index in [2.05, 4.69) is 9.97 Å². The second kappa shape index (κ2) is 16.8. The van der Waals surface area contributed by atoms with Crippen molar-refractivity contribution in [3.05, 3.63) is 60.2 Å². The normalized spacial score (nSPS) is 7.74. The monoisotopic (exact) mass is 304 g/mol. The molecule has 0 aliphatic carbocycles. The number of aliphatic hydroxyl groups excluding tert-OH is 1. The number of carboxylic acids is 2. The van der Waals surface area contributed by atoms with Gasteiger partial charge in [0.15, 0.2) is 0 Å². The molecule has 2 heterocycles. The number of hydrogen-bond acceptors (Lipinski definition) is 7. The average molecular weight is 304 g/mol. The van der Waals surface area contributed by atoms with E-state index in [4.69, 9.17) is 5.11 Å². The number of pyridine rings is 2. The molecule has 0 fully saturated rings. The summed E-state index contributed by atoms with van der Waals surface area (Å²) in [6, 6.07) is 5.54. The minimum atomic E-state index is -1.17. The Morgan fingerprint density at radius 2 is 1.09 bits per heavy atom. The van der Waals surface area contributed by atoms with Crippen molar-refractivity contribution in [3.63, 3.8) is 0 Å². The Morgan fingerprint density at radius 3 is 1.22 bits per heavy atom. The predicted molar refractivity (Wildman–Crippen MR) is 69.9 cm³/mol. The van der Waals surface area contributed by atoms with Gasteiger partial charge in [-0.1, -0.05) is 0 Å². The van der Waals surface area contributed by atoms with Crippen molar-refractivity contribution < 1.29 is 62.6 Å². The third kappa shape index (κ3) is 13.8. The topological polar surface area (TPSA) is 126 Å². The first-order valence-corrected chi connectivity index (χ1v) is 5.86. The fraction of sp³-hybridized carbons (Fsp3) is 0.143. The zero-order chi connectivity index (χ0) is 16.1. The summed E-state index contributed by atoms with van der Waals surface area (Å²) in [6.07, 6.45) is 5.63. The van der Waals surface area contributed by atoms with Crippen molar-refractivity contribution in [3.8, 4) is 0 Å². The van der Waals surface area contributed by atoms with Crippen LogP contribution in [0.5, 0.6) is 0 Å². The SMILES string of the molecule is CCO.O=C([O-])c1ccncc1.O=C([O-])c1ccncc1.[Li+].[Li+]. The number of carbonyl (C=O) groups excluding carboxylic acids is 2. The van der Waals surface area contributed by atoms with Crippen LogP contribution in [0.4, 0.5) is 0 Å². The molecule has 0 aromatic carbocycles. The number of aromatic carboxylic acids is 2. The van der Waals surface area contributed by atoms with Crippen molar-refractivity contribution >= 4 is 11.9 Å². The molecule has 0 amide bonds. The molecule has 112 valence electrons. The zero-order valence-electron chi connectivity index (χ0n) is 13.3. The Hall–Kier alpha value is -1.61. The van der Waals surface area contributed by atoms with Gasteiger partial charge in [-0.05, 0) is 31.2 Å². The van der Waals surface area contributed by atoms with Crippen LogP contribution in [-0.4, -0.2) is 33.6 Å². The van der Waals surface area contributed by atoms with Gasteiger partial charge in [0.05, 0.1) is 11.9 Å². The number of rotatable bonds is 2. The molecule has 0 saturated carbocycles. The summed E-state index contributed by atoms with van der Waals surface area (Å²) in [5, 5.41) is 27.7. The first-order valence-electron chi connectivity index (χ1n) is 5.86. The van der Waals surface area contributed by atoms with Crippen molar-refractivity contribution in [2.45, 2.75) is 6.92 Å². The predicted octanol–water partition coefficient (Wildman–Crippen LogP) is -7.10. The molecule has 0 spiro atoms. The Bertz CT molecular complexity index is 492. The van der Waals surface area contributed by atoms with Gasteiger partial charge in [0.1, 0.15) is 0 Å². The minimum Gasteiger partial charge on any atom is -0.545 e. The summed E-state index contributed by atoms with van der Waals surface area (Å²) in [5.74, 6) is -2.34. The van der Waals surface area contributed by atoms with Crippen LogP contribution in [0, 0.1) is 0 Å². The molecule has 23 heavy (non-hydrogen) atoms. The summed E-state index contributed by atoms with van der Waals surface area (Å²) < 4.78 is 0. The van der Waals surface area contributed by atoms with Gasteiger partial charge in [-0.15, -0.1) is 0 Å². The molecule has 2 aromatic heterocycles. The van der Waals surface area contributed by atoms with Crippen LogP contribution in [0.1, 0.15) is 27.6 Å². The molecule has 0 saturated heterocycles. The maximum atomic E-state index is 10.1. The molecular weight excluding hydrogens is 290 g/mol. The van der Waals surface area contributed by atoms with E-state index < -0.39 is 11.9 Å². The zero-order valence-corrected chi connectivity index (χ0v) is 13.3. The molecule has 1 N–H and O–H groups in total. The van der Waals surface area contributed by atoms with Gasteiger partial charge in [0, 0.05) is 42.5 Å². The molecule has 0 aliphatic heterocycles. The van der Waals surface area contributed by atoms with Crippen molar-refractivity contribution in [2.24, 2.45) is 0 Å². The Kier molecular flexibility index (Phi) is 19.2. The van der Waals surface area contributed by atoms with Gasteiger partial charge >= 0.3 is 37.7 Å². The number of aliphatic hydroxyl groups is 1. The molecule has 0 bridgehead atoms. The number of carboxylic acid groups (broad SMARTS) is 2. The van der Waals surface area contributed by atoms with Crippen LogP contribution in [0.3, 0.4) is 0 Å². The van der Waals surface area contributed by atoms with E-state index in [0.717, 1.165) is 0 Å². The van der Waals surface area contributed by atoms with Crippen molar-refractivity contribution in [1.29, 1.82) is 0 Å². The first kappa shape index (κ1) is 26.3. The van der Waals surface area contributed by atoms with Gasteiger partial charge in [-0.2, -0.15) is 0 Å². The Morgan fingerprint density at radius 1 is 0.870 bits per heavy atom. The molecule has 7 nitrogen and oxygen atoms in total. The quantitative estimate of drug-likeness (QED) is 0.546. The smallest absolute Gasteiger partial charge is 0.545 e. The summed E-state index contributed by atoms with van der Waals surface area (Å²) in [5.41, 5.74) is 0.315. The van der Waals surface area contributed by atoms with Crippen LogP contribution in [-0.2, 0) is 0 Å². The molecular formula is C14H14Li2N2O5. The second-order valence-corrected chi connectivity index (χ2v) is 3.36. The minimum absolute atomic E-state index is 0. The fourth-order valence-electron chi connectivity index (χ4n) is 0.976. The van der Waals surface area contributed by atoms with Gasteiger partial charge in [-0.25, -0.2) is 0 Å². The second-order valence-electron chi connectivity index (χ2n) is 3.36. The molecule has 0 unspecified atom stereocenters. The van der Waals surface area contributed by atoms with Crippen LogP contribution in [0.25, 0.3) is 0 Å². The summed E-state index contributed by atoms with van der Waals surface area (Å²) in [7, 11) is 0. The van der Waals surface area contributed by atoms with E-state index in [-0.39, 0.29) is 55.5 Å². The maximum Gasteiger partial charge on any atom is 1.00 e. The first-order chi connectivity index (χ1) is 10.0. The fourth-order valence-corrected chi connectivity index (χ4v) is 0.976. The van der Waals surface area contributed by atoms with Crippen molar-refractivity contribution in [2.75, 3.05) is 6.61 Å². The molecule has 0 atom stereocenters. The summed E-state index contributed by atoms with van der Waals surface area (Å²) in [4.78, 5) is 27.4. The van der Waals surface area contributed by atoms with Gasteiger partial charge < -0.3 is 24.9 Å². The van der Waals surface area contributed by atoms with Crippen LogP contribution in [0.2, 0.25) is 0 Å². The molecule has 9 heteroatoms. The van der Waals surface area contributed by atoms with E-state index in [0.29, 0.717) is 0 Å². The molecule has 0 radical (unpaired) electrons. The summed E-state index contributed by atoms with van der Waals surface area (Å²) in [6.45, 7) is 1.93. The van der Waals surface area contributed by atoms with Gasteiger partial charge in [-0.3, -0.25) is 9.97 Å². The van der Waals surface area contributed by atoms with E-state index >= 15 is 0 Å². The molecule has 0 aliphatic rings. The van der Waals surface area contributed by atoms with E-state index in [1.807, 2.05) is 0 Å². The Balaban J connectivity index is -0.000000277. The number of aromatic nitrogens is 2. The number of hydrogen-bond donors (Lipinski definition) is 1. The largest absolute Gasteiger partial charge is 1.00 e. The number of carbonyl (C=O) groups is 2. The van der Waals surface area contributed by atoms with Crippen molar-refractivity contribution in [1.82, 2.24) is 9.97 Å². The van der Waals surface area contributed by atoms with E-state index in [1.54, 1.807) is 6.92 Å². The standard InChI is InChI=1S/2C6H5NO2.C2H6O.2Li/c2*8-6(9)5-1-3-7-4-2-5;1-2-3;;/h2*1-4H,(H,8,9);3H,2H2,1H3;;/q;;;2*+1/p-2. The molecule has 2 rings (SSSR count). The molecule has 2 aromatic rings. The van der Waals surface area contributed by atoms with Gasteiger partial charge in [0.25, 0.3) is 0 Å². The van der Waals surface area contributed by atoms with Crippen LogP contribution in [0.15, 0.2) is 49.1 Å². The average Bonchev–Trinajstić information content (AvgIpc) is 2.50. The van der Waals surface area contributed by atoms with Gasteiger partial charge in [0.2, 0.25) is 0 Å². The number of nitrogens with zero attached hydrogens (tertiary/aromatic N) is 2. The van der Waals surface area contributed by atoms with E-state index in [1.165, 1.54) is 49.1 Å². The van der Waals surface area contributed by atoms with Crippen LogP contribution >= 0.6 is 0 Å². The third-order valence-corrected chi connectivity index (χ3v) is 1.83. The maximum absolute atomic E-state index is 10.1. The van der Waals surface area contributed by atoms with E-state index in [9.17, 15) is 19.8 Å².